The molecule has 0 amide bonds. The topological polar surface area (TPSA) is 95.3 Å². The Kier molecular flexibility index (Phi) is 10.6. The van der Waals surface area contributed by atoms with E-state index in [0.717, 1.165) is 49.1 Å². The molecule has 0 spiro atoms. The summed E-state index contributed by atoms with van der Waals surface area (Å²) in [6, 6.07) is 11.9. The predicted octanol–water partition coefficient (Wildman–Crippen LogP) is 3.92. The van der Waals surface area contributed by atoms with Crippen LogP contribution in [0.25, 0.3) is 5.69 Å². The molecule has 7 nitrogen and oxygen atoms in total. The van der Waals surface area contributed by atoms with Crippen molar-refractivity contribution in [2.45, 2.75) is 38.9 Å². The lowest BCUT2D eigenvalue weighted by Gasteiger charge is -2.36. The monoisotopic (exact) mass is 567 g/mol. The molecule has 0 radical (unpaired) electrons. The van der Waals surface area contributed by atoms with Gasteiger partial charge >= 0.3 is 0 Å². The summed E-state index contributed by atoms with van der Waals surface area (Å²) in [5.74, 6) is 3.18. The van der Waals surface area contributed by atoms with E-state index >= 15 is 0 Å². The number of aliphatic imine (C=N–C) groups is 1. The first-order chi connectivity index (χ1) is 15.0. The van der Waals surface area contributed by atoms with E-state index < -0.39 is 0 Å². The smallest absolute Gasteiger partial charge is 0.193 e. The molecule has 3 rings (SSSR count). The quantitative estimate of drug-likeness (QED) is 0.228. The van der Waals surface area contributed by atoms with Gasteiger partial charge in [-0.1, -0.05) is 32.0 Å². The summed E-state index contributed by atoms with van der Waals surface area (Å²) in [6.45, 7) is 10.3. The number of nitrogens with two attached hydrogens (primary N) is 1. The van der Waals surface area contributed by atoms with Gasteiger partial charge in [0.2, 0.25) is 0 Å². The molecule has 3 N–H and O–H groups in total. The maximum Gasteiger partial charge on any atom is 0.193 e. The zero-order valence-electron chi connectivity index (χ0n) is 19.1. The minimum Gasteiger partial charge on any atom is -0.382 e. The molecule has 0 bridgehead atoms. The van der Waals surface area contributed by atoms with Crippen LogP contribution in [-0.2, 0) is 6.42 Å². The second-order valence-corrected chi connectivity index (χ2v) is 9.35. The summed E-state index contributed by atoms with van der Waals surface area (Å²) < 4.78 is 1.65. The number of rotatable bonds is 7. The summed E-state index contributed by atoms with van der Waals surface area (Å²) in [5, 5.41) is 18.3. The predicted molar refractivity (Wildman–Crippen MR) is 145 cm³/mol. The number of nitrogen functional groups attached to an aromatic ring is 1. The standard InChI is InChI=1S/C23H33N7S.HI/c1-4-26-23(29-13-14-31-21(16-29)17(2)3)27-12-8-11-20-19(15-24)22(25)30(28-20)18-9-6-5-7-10-18;/h5-7,9-10,17,21H,4,8,11-14,16,25H2,1-3H3,(H,26,27);1H. The molecule has 1 unspecified atom stereocenters. The van der Waals surface area contributed by atoms with E-state index in [0.29, 0.717) is 35.5 Å². The van der Waals surface area contributed by atoms with Crippen LogP contribution in [0.15, 0.2) is 35.3 Å². The highest BCUT2D eigenvalue weighted by atomic mass is 127. The Morgan fingerprint density at radius 1 is 1.38 bits per heavy atom. The average Bonchev–Trinajstić information content (AvgIpc) is 3.11. The molecule has 1 atom stereocenters. The third kappa shape index (κ3) is 6.54. The van der Waals surface area contributed by atoms with Crippen LogP contribution in [0.5, 0.6) is 0 Å². The van der Waals surface area contributed by atoms with Crippen LogP contribution < -0.4 is 11.1 Å². The maximum atomic E-state index is 9.58. The molecule has 1 aromatic carbocycles. The van der Waals surface area contributed by atoms with Crippen molar-refractivity contribution in [3.63, 3.8) is 0 Å². The highest BCUT2D eigenvalue weighted by molar-refractivity contribution is 14.0. The Bertz CT molecular complexity index is 920. The highest BCUT2D eigenvalue weighted by Crippen LogP contribution is 2.25. The van der Waals surface area contributed by atoms with E-state index in [1.165, 1.54) is 0 Å². The van der Waals surface area contributed by atoms with Crippen molar-refractivity contribution in [2.75, 3.05) is 37.7 Å². The largest absolute Gasteiger partial charge is 0.382 e. The van der Waals surface area contributed by atoms with Gasteiger partial charge in [-0.25, -0.2) is 4.68 Å². The number of guanidine groups is 1. The molecule has 1 aromatic heterocycles. The van der Waals surface area contributed by atoms with E-state index in [-0.39, 0.29) is 24.0 Å². The van der Waals surface area contributed by atoms with E-state index in [9.17, 15) is 5.26 Å². The third-order valence-corrected chi connectivity index (χ3v) is 6.95. The zero-order valence-corrected chi connectivity index (χ0v) is 22.3. The van der Waals surface area contributed by atoms with Crippen molar-refractivity contribution in [1.82, 2.24) is 20.0 Å². The number of nitrogens with one attached hydrogen (secondary N) is 1. The Hall–Kier alpha value is -1.93. The Balaban J connectivity index is 0.00000363. The lowest BCUT2D eigenvalue weighted by molar-refractivity contribution is 0.381. The summed E-state index contributed by atoms with van der Waals surface area (Å²) in [7, 11) is 0. The minimum atomic E-state index is 0. The van der Waals surface area contributed by atoms with Crippen LogP contribution >= 0.6 is 35.7 Å². The number of hydrogen-bond acceptors (Lipinski definition) is 5. The van der Waals surface area contributed by atoms with Crippen molar-refractivity contribution in [2.24, 2.45) is 10.9 Å². The summed E-state index contributed by atoms with van der Waals surface area (Å²) >= 11 is 2.06. The van der Waals surface area contributed by atoms with Crippen LogP contribution in [0, 0.1) is 17.2 Å². The van der Waals surface area contributed by atoms with Crippen LogP contribution in [-0.4, -0.2) is 57.8 Å². The number of thioether (sulfide) groups is 1. The Morgan fingerprint density at radius 3 is 2.78 bits per heavy atom. The summed E-state index contributed by atoms with van der Waals surface area (Å²) in [5.41, 5.74) is 8.26. The second-order valence-electron chi connectivity index (χ2n) is 8.00. The van der Waals surface area contributed by atoms with E-state index in [1.54, 1.807) is 4.68 Å². The van der Waals surface area contributed by atoms with Crippen molar-refractivity contribution >= 4 is 47.5 Å². The normalized spacial score (nSPS) is 16.5. The first-order valence-electron chi connectivity index (χ1n) is 11.0. The molecular formula is C23H34IN7S. The van der Waals surface area contributed by atoms with Crippen molar-refractivity contribution in [1.29, 1.82) is 5.26 Å². The minimum absolute atomic E-state index is 0. The van der Waals surface area contributed by atoms with Crippen molar-refractivity contribution in [3.8, 4) is 11.8 Å². The third-order valence-electron chi connectivity index (χ3n) is 5.41. The highest BCUT2D eigenvalue weighted by Gasteiger charge is 2.24. The number of anilines is 1. The number of aromatic nitrogens is 2. The van der Waals surface area contributed by atoms with Gasteiger partial charge in [-0.3, -0.25) is 4.99 Å². The Morgan fingerprint density at radius 2 is 2.12 bits per heavy atom. The molecule has 9 heteroatoms. The fourth-order valence-corrected chi connectivity index (χ4v) is 4.97. The Labute approximate surface area is 212 Å². The van der Waals surface area contributed by atoms with Gasteiger partial charge in [0.05, 0.1) is 11.4 Å². The molecule has 174 valence electrons. The molecule has 1 aliphatic rings. The van der Waals surface area contributed by atoms with E-state index in [4.69, 9.17) is 10.7 Å². The van der Waals surface area contributed by atoms with Gasteiger partial charge < -0.3 is 16.0 Å². The van der Waals surface area contributed by atoms with Crippen LogP contribution in [0.2, 0.25) is 0 Å². The van der Waals surface area contributed by atoms with Crippen molar-refractivity contribution < 1.29 is 0 Å². The number of para-hydroxylation sites is 1. The van der Waals surface area contributed by atoms with Gasteiger partial charge in [0, 0.05) is 37.2 Å². The van der Waals surface area contributed by atoms with Crippen molar-refractivity contribution in [3.05, 3.63) is 41.6 Å². The summed E-state index contributed by atoms with van der Waals surface area (Å²) in [6.07, 6.45) is 1.48. The van der Waals surface area contributed by atoms with Gasteiger partial charge in [0.1, 0.15) is 17.5 Å². The number of halogens is 1. The molecule has 1 aliphatic heterocycles. The zero-order chi connectivity index (χ0) is 22.2. The SMILES string of the molecule is CCNC(=NCCCc1nn(-c2ccccc2)c(N)c1C#N)N1CCSC(C(C)C)C1.I. The first kappa shape index (κ1) is 26.3. The van der Waals surface area contributed by atoms with Crippen LogP contribution in [0.1, 0.15) is 38.4 Å². The summed E-state index contributed by atoms with van der Waals surface area (Å²) in [4.78, 5) is 7.24. The molecule has 0 saturated carbocycles. The number of aryl methyl sites for hydroxylation is 1. The lowest BCUT2D eigenvalue weighted by Crippen LogP contribution is -2.49. The average molecular weight is 568 g/mol. The molecule has 2 heterocycles. The molecule has 32 heavy (non-hydrogen) atoms. The van der Waals surface area contributed by atoms with Gasteiger partial charge in [-0.15, -0.1) is 24.0 Å². The van der Waals surface area contributed by atoms with Crippen LogP contribution in [0.3, 0.4) is 0 Å². The molecule has 1 fully saturated rings. The first-order valence-corrected chi connectivity index (χ1v) is 12.1. The molecule has 1 saturated heterocycles. The number of benzene rings is 1. The molecule has 2 aromatic rings. The van der Waals surface area contributed by atoms with Gasteiger partial charge in [-0.2, -0.15) is 22.1 Å². The van der Waals surface area contributed by atoms with Crippen LogP contribution in [0.4, 0.5) is 5.82 Å². The maximum absolute atomic E-state index is 9.58. The molecule has 0 aliphatic carbocycles. The number of hydrogen-bond donors (Lipinski definition) is 2. The number of nitriles is 1. The van der Waals surface area contributed by atoms with E-state index in [2.05, 4.69) is 53.9 Å². The fraction of sp³-hybridized carbons (Fsp3) is 0.522. The molecular weight excluding hydrogens is 533 g/mol. The lowest BCUT2D eigenvalue weighted by atomic mass is 10.1. The van der Waals surface area contributed by atoms with Gasteiger partial charge in [0.15, 0.2) is 5.96 Å². The van der Waals surface area contributed by atoms with Gasteiger partial charge in [-0.05, 0) is 37.8 Å². The van der Waals surface area contributed by atoms with E-state index in [1.807, 2.05) is 30.3 Å². The second kappa shape index (κ2) is 12.9. The fourth-order valence-electron chi connectivity index (χ4n) is 3.67. The van der Waals surface area contributed by atoms with Gasteiger partial charge in [0.25, 0.3) is 0 Å². The number of nitrogens with zero attached hydrogens (tertiary/aromatic N) is 5.